The summed E-state index contributed by atoms with van der Waals surface area (Å²) in [6.45, 7) is 12.1. The predicted molar refractivity (Wildman–Crippen MR) is 196 cm³/mol. The van der Waals surface area contributed by atoms with Crippen molar-refractivity contribution < 1.29 is 0 Å². The van der Waals surface area contributed by atoms with E-state index in [0.29, 0.717) is 5.56 Å². The number of nitriles is 1. The van der Waals surface area contributed by atoms with Gasteiger partial charge in [-0.05, 0) is 117 Å². The number of hydrogen-bond donors (Lipinski definition) is 0. The van der Waals surface area contributed by atoms with E-state index < -0.39 is 0 Å². The molecule has 45 heavy (non-hydrogen) atoms. The van der Waals surface area contributed by atoms with E-state index in [0.717, 1.165) is 12.0 Å². The van der Waals surface area contributed by atoms with Crippen molar-refractivity contribution in [1.29, 1.82) is 5.26 Å². The van der Waals surface area contributed by atoms with Gasteiger partial charge in [-0.25, -0.2) is 0 Å². The molecule has 220 valence electrons. The summed E-state index contributed by atoms with van der Waals surface area (Å²) in [5.74, 6) is 0. The molecule has 0 aromatic heterocycles. The van der Waals surface area contributed by atoms with Gasteiger partial charge in [0.05, 0.1) is 11.6 Å². The standard InChI is InChI=1S/C42H33N.C2H6/c1-4-5-7-33-15-12-31(24-30(33)3)11-10-29(2)35-18-19-37-26-38(21-20-36(37)25-35)39-22-23-42-40(27-39)8-6-9-41(42)34-16-13-32(28-43)14-17-34;1-2/h4-23,25-27H,1,24H2,2-3H3;1-2H3/b7-5-,29-10+,31-11-;. The van der Waals surface area contributed by atoms with Crippen LogP contribution >= 0.6 is 0 Å². The summed E-state index contributed by atoms with van der Waals surface area (Å²) < 4.78 is 0. The van der Waals surface area contributed by atoms with Crippen molar-refractivity contribution in [2.75, 3.05) is 0 Å². The molecule has 0 spiro atoms. The molecule has 0 N–H and O–H groups in total. The van der Waals surface area contributed by atoms with Gasteiger partial charge >= 0.3 is 0 Å². The highest BCUT2D eigenvalue weighted by atomic mass is 14.2. The summed E-state index contributed by atoms with van der Waals surface area (Å²) in [4.78, 5) is 0. The minimum atomic E-state index is 0.676. The first-order valence-electron chi connectivity index (χ1n) is 15.6. The van der Waals surface area contributed by atoms with E-state index in [1.807, 2.05) is 50.3 Å². The number of rotatable bonds is 6. The van der Waals surface area contributed by atoms with Crippen molar-refractivity contribution >= 4 is 27.1 Å². The number of fused-ring (bicyclic) bond motifs is 2. The number of allylic oxidation sites excluding steroid dienone is 11. The van der Waals surface area contributed by atoms with Crippen molar-refractivity contribution in [3.8, 4) is 28.3 Å². The molecule has 0 bridgehead atoms. The highest BCUT2D eigenvalue weighted by Gasteiger charge is 2.08. The quantitative estimate of drug-likeness (QED) is 0.183. The Hall–Kier alpha value is -5.45. The molecule has 0 unspecified atom stereocenters. The lowest BCUT2D eigenvalue weighted by atomic mass is 9.93. The van der Waals surface area contributed by atoms with Gasteiger partial charge < -0.3 is 0 Å². The van der Waals surface area contributed by atoms with Crippen LogP contribution in [0.15, 0.2) is 163 Å². The molecule has 0 heterocycles. The monoisotopic (exact) mass is 581 g/mol. The van der Waals surface area contributed by atoms with Crippen molar-refractivity contribution in [3.05, 3.63) is 174 Å². The first kappa shape index (κ1) is 31.0. The van der Waals surface area contributed by atoms with Gasteiger partial charge in [0.15, 0.2) is 0 Å². The number of benzene rings is 5. The van der Waals surface area contributed by atoms with Gasteiger partial charge in [-0.1, -0.05) is 135 Å². The van der Waals surface area contributed by atoms with Crippen LogP contribution in [-0.4, -0.2) is 0 Å². The van der Waals surface area contributed by atoms with Gasteiger partial charge in [0.25, 0.3) is 0 Å². The molecule has 0 atom stereocenters. The Kier molecular flexibility index (Phi) is 9.88. The molecule has 6 rings (SSSR count). The molecule has 0 saturated carbocycles. The zero-order valence-electron chi connectivity index (χ0n) is 26.6. The average Bonchev–Trinajstić information content (AvgIpc) is 3.10. The summed E-state index contributed by atoms with van der Waals surface area (Å²) in [6.07, 6.45) is 15.7. The molecule has 5 aromatic rings. The van der Waals surface area contributed by atoms with Crippen molar-refractivity contribution in [1.82, 2.24) is 0 Å². The third kappa shape index (κ3) is 7.04. The van der Waals surface area contributed by atoms with Crippen LogP contribution in [0, 0.1) is 11.3 Å². The van der Waals surface area contributed by atoms with E-state index in [1.54, 1.807) is 0 Å². The number of nitrogens with zero attached hydrogens (tertiary/aromatic N) is 1. The maximum Gasteiger partial charge on any atom is 0.0991 e. The SMILES string of the molecule is C=C/C=C\C1=C(C)C/C(=C\C=C(/C)c2ccc3cc(-c4ccc5c(-c6ccc(C#N)cc6)cccc5c4)ccc3c2)C=C1.CC. The van der Waals surface area contributed by atoms with E-state index in [2.05, 4.69) is 130 Å². The summed E-state index contributed by atoms with van der Waals surface area (Å²) in [5.41, 5.74) is 11.8. The lowest BCUT2D eigenvalue weighted by molar-refractivity contribution is 1.11. The Labute approximate surface area is 268 Å². The lowest BCUT2D eigenvalue weighted by Gasteiger charge is -2.12. The topological polar surface area (TPSA) is 23.8 Å². The van der Waals surface area contributed by atoms with Crippen LogP contribution in [0.4, 0.5) is 0 Å². The van der Waals surface area contributed by atoms with Gasteiger partial charge in [-0.15, -0.1) is 0 Å². The smallest absolute Gasteiger partial charge is 0.0991 e. The third-order valence-corrected chi connectivity index (χ3v) is 8.23. The van der Waals surface area contributed by atoms with Crippen LogP contribution in [0.3, 0.4) is 0 Å². The first-order valence-corrected chi connectivity index (χ1v) is 15.6. The van der Waals surface area contributed by atoms with Crippen molar-refractivity contribution in [3.63, 3.8) is 0 Å². The van der Waals surface area contributed by atoms with Crippen LogP contribution in [0.2, 0.25) is 0 Å². The predicted octanol–water partition coefficient (Wildman–Crippen LogP) is 12.6. The molecule has 1 nitrogen and oxygen atoms in total. The lowest BCUT2D eigenvalue weighted by Crippen LogP contribution is -1.92. The van der Waals surface area contributed by atoms with E-state index in [4.69, 9.17) is 5.26 Å². The molecule has 0 amide bonds. The van der Waals surface area contributed by atoms with Gasteiger partial charge in [-0.3, -0.25) is 0 Å². The molecule has 1 aliphatic carbocycles. The molecule has 0 saturated heterocycles. The molecule has 0 fully saturated rings. The molecule has 0 radical (unpaired) electrons. The highest BCUT2D eigenvalue weighted by molar-refractivity contribution is 5.99. The number of hydrogen-bond acceptors (Lipinski definition) is 1. The molecule has 1 aliphatic rings. The van der Waals surface area contributed by atoms with Crippen LogP contribution in [0.1, 0.15) is 45.2 Å². The first-order chi connectivity index (χ1) is 22.0. The van der Waals surface area contributed by atoms with Crippen LogP contribution in [0.25, 0.3) is 49.4 Å². The van der Waals surface area contributed by atoms with Crippen LogP contribution in [0.5, 0.6) is 0 Å². The van der Waals surface area contributed by atoms with E-state index in [-0.39, 0.29) is 0 Å². The maximum absolute atomic E-state index is 9.15. The average molecular weight is 582 g/mol. The summed E-state index contributed by atoms with van der Waals surface area (Å²) in [6, 6.07) is 36.6. The highest BCUT2D eigenvalue weighted by Crippen LogP contribution is 2.33. The van der Waals surface area contributed by atoms with Gasteiger partial charge in [-0.2, -0.15) is 5.26 Å². The van der Waals surface area contributed by atoms with E-state index in [9.17, 15) is 0 Å². The molecular weight excluding hydrogens is 542 g/mol. The Morgan fingerprint density at radius 2 is 1.47 bits per heavy atom. The summed E-state index contributed by atoms with van der Waals surface area (Å²) in [7, 11) is 0. The van der Waals surface area contributed by atoms with Gasteiger partial charge in [0.2, 0.25) is 0 Å². The zero-order valence-corrected chi connectivity index (χ0v) is 26.6. The minimum Gasteiger partial charge on any atom is -0.192 e. The molecular formula is C44H39N. The van der Waals surface area contributed by atoms with Crippen LogP contribution in [-0.2, 0) is 0 Å². The fraction of sp³-hybridized carbons (Fsp3) is 0.114. The largest absolute Gasteiger partial charge is 0.192 e. The Bertz CT molecular complexity index is 2070. The second-order valence-electron chi connectivity index (χ2n) is 11.1. The normalized spacial score (nSPS) is 14.1. The van der Waals surface area contributed by atoms with E-state index >= 15 is 0 Å². The maximum atomic E-state index is 9.15. The molecule has 1 heteroatoms. The minimum absolute atomic E-state index is 0.676. The summed E-state index contributed by atoms with van der Waals surface area (Å²) in [5, 5.41) is 14.0. The van der Waals surface area contributed by atoms with E-state index in [1.165, 1.54) is 66.1 Å². The Balaban J connectivity index is 0.00000196. The zero-order chi connectivity index (χ0) is 31.8. The van der Waals surface area contributed by atoms with Crippen LogP contribution < -0.4 is 0 Å². The second-order valence-corrected chi connectivity index (χ2v) is 11.1. The molecule has 0 aliphatic heterocycles. The Morgan fingerprint density at radius 1 is 0.778 bits per heavy atom. The molecule has 5 aromatic carbocycles. The van der Waals surface area contributed by atoms with Crippen molar-refractivity contribution in [2.45, 2.75) is 34.1 Å². The third-order valence-electron chi connectivity index (χ3n) is 8.23. The van der Waals surface area contributed by atoms with Crippen molar-refractivity contribution in [2.24, 2.45) is 0 Å². The fourth-order valence-electron chi connectivity index (χ4n) is 5.73. The Morgan fingerprint density at radius 3 is 2.20 bits per heavy atom. The summed E-state index contributed by atoms with van der Waals surface area (Å²) >= 11 is 0. The van der Waals surface area contributed by atoms with Gasteiger partial charge in [0.1, 0.15) is 0 Å². The van der Waals surface area contributed by atoms with Gasteiger partial charge in [0, 0.05) is 0 Å². The fourth-order valence-corrected chi connectivity index (χ4v) is 5.73. The second kappa shape index (κ2) is 14.3.